The summed E-state index contributed by atoms with van der Waals surface area (Å²) >= 11 is 0. The highest BCUT2D eigenvalue weighted by molar-refractivity contribution is 5.40. The minimum absolute atomic E-state index is 0.534. The number of hydrogen-bond acceptors (Lipinski definition) is 5. The monoisotopic (exact) mass is 234 g/mol. The maximum absolute atomic E-state index is 5.33. The van der Waals surface area contributed by atoms with E-state index in [0.717, 1.165) is 30.3 Å². The van der Waals surface area contributed by atoms with E-state index in [-0.39, 0.29) is 0 Å². The molecule has 1 aromatic rings. The van der Waals surface area contributed by atoms with Gasteiger partial charge in [-0.15, -0.1) is 0 Å². The van der Waals surface area contributed by atoms with E-state index in [0.29, 0.717) is 11.9 Å². The van der Waals surface area contributed by atoms with Gasteiger partial charge in [-0.25, -0.2) is 4.98 Å². The van der Waals surface area contributed by atoms with Crippen LogP contribution >= 0.6 is 0 Å². The Bertz CT molecular complexity index is 415. The SMILES string of the molecule is COc1nc(NC2CCCC2)nc2c1CNC2. The van der Waals surface area contributed by atoms with Crippen molar-refractivity contribution in [3.63, 3.8) is 0 Å². The molecule has 0 aromatic carbocycles. The number of hydrogen-bond donors (Lipinski definition) is 2. The third-order valence-corrected chi connectivity index (χ3v) is 3.53. The van der Waals surface area contributed by atoms with E-state index in [9.17, 15) is 0 Å². The van der Waals surface area contributed by atoms with Gasteiger partial charge in [-0.05, 0) is 12.8 Å². The van der Waals surface area contributed by atoms with Crippen LogP contribution < -0.4 is 15.4 Å². The van der Waals surface area contributed by atoms with Gasteiger partial charge in [-0.2, -0.15) is 4.98 Å². The third-order valence-electron chi connectivity index (χ3n) is 3.53. The lowest BCUT2D eigenvalue weighted by molar-refractivity contribution is 0.392. The number of methoxy groups -OCH3 is 1. The van der Waals surface area contributed by atoms with Crippen LogP contribution in [-0.4, -0.2) is 23.1 Å². The van der Waals surface area contributed by atoms with Crippen LogP contribution in [0, 0.1) is 0 Å². The first-order valence-electron chi connectivity index (χ1n) is 6.28. The smallest absolute Gasteiger partial charge is 0.226 e. The maximum Gasteiger partial charge on any atom is 0.226 e. The van der Waals surface area contributed by atoms with Gasteiger partial charge >= 0.3 is 0 Å². The molecule has 0 amide bonds. The number of nitrogens with one attached hydrogen (secondary N) is 2. The Labute approximate surface area is 101 Å². The van der Waals surface area contributed by atoms with Crippen molar-refractivity contribution in [1.82, 2.24) is 15.3 Å². The normalized spacial score (nSPS) is 19.4. The van der Waals surface area contributed by atoms with Crippen LogP contribution in [-0.2, 0) is 13.1 Å². The van der Waals surface area contributed by atoms with Crippen molar-refractivity contribution in [2.75, 3.05) is 12.4 Å². The zero-order chi connectivity index (χ0) is 11.7. The molecule has 92 valence electrons. The summed E-state index contributed by atoms with van der Waals surface area (Å²) in [5, 5.41) is 6.69. The fraction of sp³-hybridized carbons (Fsp3) is 0.667. The topological polar surface area (TPSA) is 59.1 Å². The molecule has 0 spiro atoms. The summed E-state index contributed by atoms with van der Waals surface area (Å²) in [5.41, 5.74) is 2.17. The molecule has 3 rings (SSSR count). The molecule has 0 radical (unpaired) electrons. The van der Waals surface area contributed by atoms with Crippen molar-refractivity contribution < 1.29 is 4.74 Å². The highest BCUT2D eigenvalue weighted by Crippen LogP contribution is 2.26. The molecule has 5 heteroatoms. The van der Waals surface area contributed by atoms with Crippen LogP contribution in [0.4, 0.5) is 5.95 Å². The summed E-state index contributed by atoms with van der Waals surface area (Å²) in [6.07, 6.45) is 5.06. The molecule has 0 bridgehead atoms. The molecule has 0 unspecified atom stereocenters. The predicted octanol–water partition coefficient (Wildman–Crippen LogP) is 1.44. The molecule has 2 aliphatic rings. The van der Waals surface area contributed by atoms with Crippen molar-refractivity contribution in [2.45, 2.75) is 44.8 Å². The Balaban J connectivity index is 1.84. The number of anilines is 1. The Kier molecular flexibility index (Phi) is 2.84. The zero-order valence-corrected chi connectivity index (χ0v) is 10.1. The maximum atomic E-state index is 5.33. The average molecular weight is 234 g/mol. The number of fused-ring (bicyclic) bond motifs is 1. The summed E-state index contributed by atoms with van der Waals surface area (Å²) < 4.78 is 5.33. The van der Waals surface area contributed by atoms with Crippen LogP contribution in [0.5, 0.6) is 5.88 Å². The van der Waals surface area contributed by atoms with Crippen LogP contribution in [0.1, 0.15) is 36.9 Å². The summed E-state index contributed by atoms with van der Waals surface area (Å²) in [5.74, 6) is 1.43. The molecule has 1 aliphatic heterocycles. The minimum Gasteiger partial charge on any atom is -0.481 e. The Morgan fingerprint density at radius 1 is 1.24 bits per heavy atom. The van der Waals surface area contributed by atoms with Crippen molar-refractivity contribution in [2.24, 2.45) is 0 Å². The first kappa shape index (κ1) is 10.8. The largest absolute Gasteiger partial charge is 0.481 e. The molecule has 0 atom stereocenters. The average Bonchev–Trinajstić information content (AvgIpc) is 2.98. The third kappa shape index (κ3) is 2.07. The Morgan fingerprint density at radius 3 is 2.82 bits per heavy atom. The van der Waals surface area contributed by atoms with Crippen LogP contribution in [0.15, 0.2) is 0 Å². The quantitative estimate of drug-likeness (QED) is 0.828. The molecule has 0 saturated heterocycles. The van der Waals surface area contributed by atoms with E-state index >= 15 is 0 Å². The first-order chi connectivity index (χ1) is 8.36. The molecule has 1 aliphatic carbocycles. The van der Waals surface area contributed by atoms with Crippen LogP contribution in [0.3, 0.4) is 0 Å². The lowest BCUT2D eigenvalue weighted by atomic mass is 10.2. The second-order valence-electron chi connectivity index (χ2n) is 4.71. The summed E-state index contributed by atoms with van der Waals surface area (Å²) in [4.78, 5) is 9.00. The molecule has 2 N–H and O–H groups in total. The van der Waals surface area contributed by atoms with Gasteiger partial charge in [0.2, 0.25) is 11.8 Å². The highest BCUT2D eigenvalue weighted by atomic mass is 16.5. The number of ether oxygens (including phenoxy) is 1. The lowest BCUT2D eigenvalue weighted by Gasteiger charge is -2.13. The molecule has 2 heterocycles. The first-order valence-corrected chi connectivity index (χ1v) is 6.28. The molecule has 1 fully saturated rings. The zero-order valence-electron chi connectivity index (χ0n) is 10.1. The minimum atomic E-state index is 0.534. The van der Waals surface area contributed by atoms with E-state index < -0.39 is 0 Å². The summed E-state index contributed by atoms with van der Waals surface area (Å²) in [7, 11) is 1.67. The van der Waals surface area contributed by atoms with E-state index in [4.69, 9.17) is 4.74 Å². The van der Waals surface area contributed by atoms with Gasteiger partial charge in [0.15, 0.2) is 0 Å². The van der Waals surface area contributed by atoms with Gasteiger partial charge in [0, 0.05) is 19.1 Å². The van der Waals surface area contributed by atoms with Crippen molar-refractivity contribution in [1.29, 1.82) is 0 Å². The van der Waals surface area contributed by atoms with Gasteiger partial charge < -0.3 is 15.4 Å². The van der Waals surface area contributed by atoms with Crippen LogP contribution in [0.2, 0.25) is 0 Å². The van der Waals surface area contributed by atoms with Crippen molar-refractivity contribution in [3.8, 4) is 5.88 Å². The van der Waals surface area contributed by atoms with E-state index in [1.165, 1.54) is 25.7 Å². The molecule has 5 nitrogen and oxygen atoms in total. The standard InChI is InChI=1S/C12H18N4O/c1-17-11-9-6-13-7-10(9)15-12(16-11)14-8-4-2-3-5-8/h8,13H,2-7H2,1H3,(H,14,15,16). The van der Waals surface area contributed by atoms with Crippen molar-refractivity contribution >= 4 is 5.95 Å². The van der Waals surface area contributed by atoms with Gasteiger partial charge in [0.05, 0.1) is 18.4 Å². The van der Waals surface area contributed by atoms with Crippen molar-refractivity contribution in [3.05, 3.63) is 11.3 Å². The van der Waals surface area contributed by atoms with Gasteiger partial charge in [0.1, 0.15) is 0 Å². The Morgan fingerprint density at radius 2 is 2.06 bits per heavy atom. The van der Waals surface area contributed by atoms with E-state index in [1.54, 1.807) is 7.11 Å². The number of nitrogens with zero attached hydrogens (tertiary/aromatic N) is 2. The molecule has 1 saturated carbocycles. The molecule has 1 aromatic heterocycles. The van der Waals surface area contributed by atoms with Gasteiger partial charge in [0.25, 0.3) is 0 Å². The second kappa shape index (κ2) is 4.49. The van der Waals surface area contributed by atoms with E-state index in [2.05, 4.69) is 20.6 Å². The Hall–Kier alpha value is -1.36. The fourth-order valence-electron chi connectivity index (χ4n) is 2.62. The molecular formula is C12H18N4O. The lowest BCUT2D eigenvalue weighted by Crippen LogP contribution is -2.17. The second-order valence-corrected chi connectivity index (χ2v) is 4.71. The molecular weight excluding hydrogens is 216 g/mol. The highest BCUT2D eigenvalue weighted by Gasteiger charge is 2.21. The number of rotatable bonds is 3. The summed E-state index contributed by atoms with van der Waals surface area (Å²) in [6.45, 7) is 1.62. The van der Waals surface area contributed by atoms with Gasteiger partial charge in [-0.3, -0.25) is 0 Å². The summed E-state index contributed by atoms with van der Waals surface area (Å²) in [6, 6.07) is 0.534. The van der Waals surface area contributed by atoms with Crippen LogP contribution in [0.25, 0.3) is 0 Å². The molecule has 17 heavy (non-hydrogen) atoms. The number of aromatic nitrogens is 2. The van der Waals surface area contributed by atoms with E-state index in [1.807, 2.05) is 0 Å². The predicted molar refractivity (Wildman–Crippen MR) is 65.0 cm³/mol. The fourth-order valence-corrected chi connectivity index (χ4v) is 2.62. The van der Waals surface area contributed by atoms with Gasteiger partial charge in [-0.1, -0.05) is 12.8 Å².